The molecule has 0 saturated heterocycles. The van der Waals surface area contributed by atoms with Crippen LogP contribution in [0.2, 0.25) is 0 Å². The summed E-state index contributed by atoms with van der Waals surface area (Å²) in [5.41, 5.74) is 0. The van der Waals surface area contributed by atoms with Gasteiger partial charge in [0, 0.05) is 11.7 Å². The lowest BCUT2D eigenvalue weighted by atomic mass is 10.1. The van der Waals surface area contributed by atoms with Crippen LogP contribution in [0.3, 0.4) is 0 Å². The Balaban J connectivity index is 3.19. The van der Waals surface area contributed by atoms with Crippen LogP contribution < -0.4 is 0 Å². The van der Waals surface area contributed by atoms with Gasteiger partial charge in [-0.3, -0.25) is 0 Å². The Bertz CT molecular complexity index is 266. The maximum Gasteiger partial charge on any atom is 0.168 e. The number of allylic oxidation sites excluding steroid dienone is 1. The van der Waals surface area contributed by atoms with E-state index in [-0.39, 0.29) is 0 Å². The Labute approximate surface area is 101 Å². The van der Waals surface area contributed by atoms with Crippen LogP contribution in [0.4, 0.5) is 0 Å². The summed E-state index contributed by atoms with van der Waals surface area (Å²) in [7, 11) is -2.91. The van der Waals surface area contributed by atoms with E-state index >= 15 is 0 Å². The van der Waals surface area contributed by atoms with Crippen molar-refractivity contribution in [2.75, 3.05) is 6.26 Å². The molecule has 0 heterocycles. The zero-order valence-electron chi connectivity index (χ0n) is 10.7. The van der Waals surface area contributed by atoms with Crippen LogP contribution in [0.5, 0.6) is 0 Å². The lowest BCUT2D eigenvalue weighted by Crippen LogP contribution is -1.87. The first kappa shape index (κ1) is 15.7. The number of hydrogen-bond donors (Lipinski definition) is 0. The van der Waals surface area contributed by atoms with Gasteiger partial charge in [-0.1, -0.05) is 57.9 Å². The van der Waals surface area contributed by atoms with E-state index in [2.05, 4.69) is 6.92 Å². The highest BCUT2D eigenvalue weighted by atomic mass is 32.2. The monoisotopic (exact) mass is 246 g/mol. The summed E-state index contributed by atoms with van der Waals surface area (Å²) in [6.07, 6.45) is 14.2. The summed E-state index contributed by atoms with van der Waals surface area (Å²) in [5.74, 6) is 0. The fourth-order valence-electron chi connectivity index (χ4n) is 1.64. The molecule has 96 valence electrons. The van der Waals surface area contributed by atoms with Gasteiger partial charge in [-0.15, -0.1) is 0 Å². The lowest BCUT2D eigenvalue weighted by Gasteiger charge is -1.99. The van der Waals surface area contributed by atoms with E-state index < -0.39 is 9.84 Å². The van der Waals surface area contributed by atoms with Crippen LogP contribution in [-0.4, -0.2) is 14.7 Å². The molecule has 0 spiro atoms. The Morgan fingerprint density at radius 3 is 1.88 bits per heavy atom. The van der Waals surface area contributed by atoms with Crippen molar-refractivity contribution in [3.8, 4) is 0 Å². The van der Waals surface area contributed by atoms with Crippen molar-refractivity contribution in [2.24, 2.45) is 0 Å². The topological polar surface area (TPSA) is 34.1 Å². The zero-order chi connectivity index (χ0) is 12.3. The normalized spacial score (nSPS) is 12.4. The van der Waals surface area contributed by atoms with Crippen LogP contribution >= 0.6 is 0 Å². The Kier molecular flexibility index (Phi) is 9.69. The van der Waals surface area contributed by atoms with Crippen LogP contribution in [0, 0.1) is 0 Å². The zero-order valence-corrected chi connectivity index (χ0v) is 11.6. The molecule has 0 saturated carbocycles. The van der Waals surface area contributed by atoms with Gasteiger partial charge in [0.1, 0.15) is 0 Å². The predicted octanol–water partition coefficient (Wildman–Crippen LogP) is 4.08. The predicted molar refractivity (Wildman–Crippen MR) is 71.2 cm³/mol. The molecule has 2 nitrogen and oxygen atoms in total. The molecule has 0 aliphatic rings. The number of sulfone groups is 1. The third-order valence-electron chi connectivity index (χ3n) is 2.57. The molecule has 0 bridgehead atoms. The Hall–Kier alpha value is -0.310. The van der Waals surface area contributed by atoms with E-state index in [0.717, 1.165) is 12.8 Å². The van der Waals surface area contributed by atoms with E-state index in [1.54, 1.807) is 6.08 Å². The van der Waals surface area contributed by atoms with Gasteiger partial charge in [-0.2, -0.15) is 0 Å². The molecule has 0 radical (unpaired) electrons. The fourth-order valence-corrected chi connectivity index (χ4v) is 2.12. The second-order valence-corrected chi connectivity index (χ2v) is 6.40. The average Bonchev–Trinajstić information content (AvgIpc) is 2.19. The molecule has 0 amide bonds. The summed E-state index contributed by atoms with van der Waals surface area (Å²) < 4.78 is 21.6. The van der Waals surface area contributed by atoms with E-state index in [0.29, 0.717) is 0 Å². The molecule has 16 heavy (non-hydrogen) atoms. The van der Waals surface area contributed by atoms with Gasteiger partial charge in [0.2, 0.25) is 0 Å². The minimum Gasteiger partial charge on any atom is -0.225 e. The number of hydrogen-bond acceptors (Lipinski definition) is 2. The summed E-state index contributed by atoms with van der Waals surface area (Å²) in [5, 5.41) is 1.31. The molecular formula is C13H26O2S. The standard InChI is InChI=1S/C13H26O2S/c1-3-4-5-6-7-8-9-10-11-12-13-16(2,14)15/h12-13H,3-11H2,1-2H3/b13-12+. The largest absolute Gasteiger partial charge is 0.225 e. The van der Waals surface area contributed by atoms with Crippen LogP contribution in [0.25, 0.3) is 0 Å². The van der Waals surface area contributed by atoms with E-state index in [1.807, 2.05) is 0 Å². The molecule has 0 rings (SSSR count). The molecule has 0 N–H and O–H groups in total. The van der Waals surface area contributed by atoms with E-state index in [4.69, 9.17) is 0 Å². The van der Waals surface area contributed by atoms with Crippen molar-refractivity contribution in [1.82, 2.24) is 0 Å². The highest BCUT2D eigenvalue weighted by Gasteiger charge is 1.93. The van der Waals surface area contributed by atoms with Gasteiger partial charge in [0.15, 0.2) is 9.84 Å². The number of rotatable bonds is 10. The van der Waals surface area contributed by atoms with Crippen molar-refractivity contribution in [3.63, 3.8) is 0 Å². The van der Waals surface area contributed by atoms with Crippen LogP contribution in [0.1, 0.15) is 64.7 Å². The quantitative estimate of drug-likeness (QED) is 0.544. The second-order valence-electron chi connectivity index (χ2n) is 4.46. The van der Waals surface area contributed by atoms with Crippen molar-refractivity contribution in [1.29, 1.82) is 0 Å². The maximum absolute atomic E-state index is 10.8. The number of unbranched alkanes of at least 4 members (excludes halogenated alkanes) is 8. The second kappa shape index (κ2) is 9.88. The molecule has 0 aromatic rings. The molecule has 3 heteroatoms. The lowest BCUT2D eigenvalue weighted by molar-refractivity contribution is 0.577. The average molecular weight is 246 g/mol. The van der Waals surface area contributed by atoms with Gasteiger partial charge >= 0.3 is 0 Å². The van der Waals surface area contributed by atoms with Crippen LogP contribution in [0.15, 0.2) is 11.5 Å². The SMILES string of the molecule is CCCCCCCCCC/C=C/S(C)(=O)=O. The highest BCUT2D eigenvalue weighted by Crippen LogP contribution is 2.09. The summed E-state index contributed by atoms with van der Waals surface area (Å²) in [4.78, 5) is 0. The molecule has 0 unspecified atom stereocenters. The third-order valence-corrected chi connectivity index (χ3v) is 3.25. The van der Waals surface area contributed by atoms with Gasteiger partial charge in [-0.05, 0) is 12.8 Å². The molecule has 0 aliphatic heterocycles. The Morgan fingerprint density at radius 1 is 0.875 bits per heavy atom. The van der Waals surface area contributed by atoms with Gasteiger partial charge < -0.3 is 0 Å². The first-order chi connectivity index (χ1) is 7.56. The maximum atomic E-state index is 10.8. The molecule has 0 atom stereocenters. The summed E-state index contributed by atoms with van der Waals surface area (Å²) in [6.45, 7) is 2.23. The van der Waals surface area contributed by atoms with Gasteiger partial charge in [-0.25, -0.2) is 8.42 Å². The smallest absolute Gasteiger partial charge is 0.168 e. The van der Waals surface area contributed by atoms with Crippen LogP contribution in [-0.2, 0) is 9.84 Å². The first-order valence-corrected chi connectivity index (χ1v) is 8.38. The van der Waals surface area contributed by atoms with Gasteiger partial charge in [0.05, 0.1) is 0 Å². The summed E-state index contributed by atoms with van der Waals surface area (Å²) in [6, 6.07) is 0. The minimum atomic E-state index is -2.91. The summed E-state index contributed by atoms with van der Waals surface area (Å²) >= 11 is 0. The molecule has 0 fully saturated rings. The third kappa shape index (κ3) is 13.7. The molecule has 0 aromatic heterocycles. The van der Waals surface area contributed by atoms with Crippen molar-refractivity contribution in [2.45, 2.75) is 64.7 Å². The van der Waals surface area contributed by atoms with E-state index in [9.17, 15) is 8.42 Å². The minimum absolute atomic E-state index is 0.891. The molecule has 0 aliphatic carbocycles. The van der Waals surface area contributed by atoms with Crippen molar-refractivity contribution < 1.29 is 8.42 Å². The van der Waals surface area contributed by atoms with Crippen molar-refractivity contribution in [3.05, 3.63) is 11.5 Å². The first-order valence-electron chi connectivity index (χ1n) is 6.43. The van der Waals surface area contributed by atoms with Crippen molar-refractivity contribution >= 4 is 9.84 Å². The molecular weight excluding hydrogens is 220 g/mol. The fraction of sp³-hybridized carbons (Fsp3) is 0.846. The molecule has 0 aromatic carbocycles. The van der Waals surface area contributed by atoms with Gasteiger partial charge in [0.25, 0.3) is 0 Å². The highest BCUT2D eigenvalue weighted by molar-refractivity contribution is 7.93. The van der Waals surface area contributed by atoms with E-state index in [1.165, 1.54) is 56.6 Å². The Morgan fingerprint density at radius 2 is 1.38 bits per heavy atom.